The van der Waals surface area contributed by atoms with Crippen molar-refractivity contribution in [2.75, 3.05) is 0 Å². The number of allylic oxidation sites excluding steroid dienone is 6. The summed E-state index contributed by atoms with van der Waals surface area (Å²) < 4.78 is 0. The van der Waals surface area contributed by atoms with Gasteiger partial charge in [-0.3, -0.25) is 0 Å². The second kappa shape index (κ2) is 18.3. The molecule has 0 amide bonds. The van der Waals surface area contributed by atoms with Crippen LogP contribution in [0.25, 0.3) is 0 Å². The molecule has 0 bridgehead atoms. The molecule has 0 saturated heterocycles. The normalized spacial score (nSPS) is 15.9. The molecule has 2 N–H and O–H groups in total. The van der Waals surface area contributed by atoms with Gasteiger partial charge in [0.25, 0.3) is 0 Å². The maximum Gasteiger partial charge on any atom is 0.0230 e. The van der Waals surface area contributed by atoms with Gasteiger partial charge in [0.2, 0.25) is 0 Å². The fraction of sp³-hybridized carbons (Fsp3) is 0.652. The van der Waals surface area contributed by atoms with Crippen molar-refractivity contribution in [2.45, 2.75) is 88.1 Å². The van der Waals surface area contributed by atoms with Crippen LogP contribution < -0.4 is 5.73 Å². The van der Waals surface area contributed by atoms with Gasteiger partial charge in [-0.25, -0.2) is 0 Å². The lowest BCUT2D eigenvalue weighted by Crippen LogP contribution is -2.21. The molecule has 0 aromatic rings. The average Bonchev–Trinajstić information content (AvgIpc) is 2.58. The monoisotopic (exact) mass is 335 g/mol. The van der Waals surface area contributed by atoms with Crippen molar-refractivity contribution in [1.29, 1.82) is 0 Å². The third kappa shape index (κ3) is 12.4. The Hall–Kier alpha value is -1.08. The first-order valence-corrected chi connectivity index (χ1v) is 9.74. The second-order valence-electron chi connectivity index (χ2n) is 6.01. The SMILES string of the molecule is C=C/C=C/C.CC.CC.CC1=C(C(C)N)CCC(C(C)C(C)C)=C1. The van der Waals surface area contributed by atoms with Crippen molar-refractivity contribution in [3.63, 3.8) is 0 Å². The van der Waals surface area contributed by atoms with Crippen LogP contribution >= 0.6 is 0 Å². The molecule has 2 unspecified atom stereocenters. The van der Waals surface area contributed by atoms with Gasteiger partial charge in [-0.15, -0.1) is 0 Å². The van der Waals surface area contributed by atoms with Crippen molar-refractivity contribution in [3.8, 4) is 0 Å². The Labute approximate surface area is 153 Å². The molecular formula is C23H45N. The molecule has 1 nitrogen and oxygen atoms in total. The van der Waals surface area contributed by atoms with E-state index in [0.717, 1.165) is 12.3 Å². The number of rotatable bonds is 4. The highest BCUT2D eigenvalue weighted by atomic mass is 14.6. The molecule has 0 heterocycles. The van der Waals surface area contributed by atoms with Crippen LogP contribution in [0, 0.1) is 11.8 Å². The minimum Gasteiger partial charge on any atom is -0.324 e. The minimum absolute atomic E-state index is 0.220. The molecule has 0 spiro atoms. The molecule has 0 aliphatic heterocycles. The van der Waals surface area contributed by atoms with Gasteiger partial charge in [0, 0.05) is 6.04 Å². The zero-order chi connectivity index (χ0) is 19.7. The lowest BCUT2D eigenvalue weighted by atomic mass is 9.81. The molecule has 1 aliphatic rings. The van der Waals surface area contributed by atoms with Crippen molar-refractivity contribution in [1.82, 2.24) is 0 Å². The molecule has 0 aromatic heterocycles. The Morgan fingerprint density at radius 3 is 1.79 bits per heavy atom. The molecule has 1 rings (SSSR count). The summed E-state index contributed by atoms with van der Waals surface area (Å²) >= 11 is 0. The predicted octanol–water partition coefficient (Wildman–Crippen LogP) is 7.46. The van der Waals surface area contributed by atoms with Gasteiger partial charge in [-0.05, 0) is 45.4 Å². The smallest absolute Gasteiger partial charge is 0.0230 e. The molecule has 1 heteroatoms. The Bertz CT molecular complexity index is 381. The molecule has 142 valence electrons. The number of nitrogens with two attached hydrogens (primary N) is 1. The first-order valence-electron chi connectivity index (χ1n) is 9.74. The fourth-order valence-corrected chi connectivity index (χ4v) is 2.43. The van der Waals surface area contributed by atoms with Crippen LogP contribution in [0.1, 0.15) is 82.1 Å². The highest BCUT2D eigenvalue weighted by molar-refractivity contribution is 5.35. The zero-order valence-corrected chi connectivity index (χ0v) is 18.2. The second-order valence-corrected chi connectivity index (χ2v) is 6.01. The van der Waals surface area contributed by atoms with E-state index in [4.69, 9.17) is 5.73 Å². The highest BCUT2D eigenvalue weighted by Gasteiger charge is 2.18. The molecule has 0 aromatic carbocycles. The van der Waals surface area contributed by atoms with E-state index < -0.39 is 0 Å². The van der Waals surface area contributed by atoms with Gasteiger partial charge in [0.15, 0.2) is 0 Å². The van der Waals surface area contributed by atoms with E-state index in [1.165, 1.54) is 17.6 Å². The summed E-state index contributed by atoms with van der Waals surface area (Å²) in [6.07, 6.45) is 10.3. The van der Waals surface area contributed by atoms with Crippen LogP contribution in [0.4, 0.5) is 0 Å². The molecule has 2 atom stereocenters. The minimum atomic E-state index is 0.220. The van der Waals surface area contributed by atoms with Gasteiger partial charge in [0.1, 0.15) is 0 Å². The Balaban J connectivity index is -0.000000413. The maximum absolute atomic E-state index is 5.95. The van der Waals surface area contributed by atoms with Crippen molar-refractivity contribution < 1.29 is 0 Å². The number of hydrogen-bond acceptors (Lipinski definition) is 1. The lowest BCUT2D eigenvalue weighted by Gasteiger charge is -2.26. The first kappa shape index (κ1) is 27.8. The quantitative estimate of drug-likeness (QED) is 0.530. The van der Waals surface area contributed by atoms with Crippen molar-refractivity contribution in [2.24, 2.45) is 17.6 Å². The third-order valence-electron chi connectivity index (χ3n) is 4.05. The van der Waals surface area contributed by atoms with E-state index in [0.29, 0.717) is 5.92 Å². The summed E-state index contributed by atoms with van der Waals surface area (Å²) in [4.78, 5) is 0. The van der Waals surface area contributed by atoms with E-state index in [1.54, 1.807) is 11.6 Å². The lowest BCUT2D eigenvalue weighted by molar-refractivity contribution is 0.462. The Morgan fingerprint density at radius 2 is 1.54 bits per heavy atom. The van der Waals surface area contributed by atoms with Crippen LogP contribution in [-0.2, 0) is 0 Å². The summed E-state index contributed by atoms with van der Waals surface area (Å²) in [5.74, 6) is 1.44. The van der Waals surface area contributed by atoms with Gasteiger partial charge in [-0.1, -0.05) is 96.1 Å². The summed E-state index contributed by atoms with van der Waals surface area (Å²) in [7, 11) is 0. The standard InChI is InChI=1S/C14H25N.C5H8.2C2H6/c1-9(2)11(4)13-6-7-14(12(5)15)10(3)8-13;1-3-5-4-2;2*1-2/h8-9,11-12H,6-7,15H2,1-5H3;3-5H,1H2,2H3;2*1-2H3/b;5-4+;;. The predicted molar refractivity (Wildman–Crippen MR) is 115 cm³/mol. The summed E-state index contributed by atoms with van der Waals surface area (Å²) in [6, 6.07) is 0.220. The van der Waals surface area contributed by atoms with Crippen LogP contribution in [0.2, 0.25) is 0 Å². The molecule has 24 heavy (non-hydrogen) atoms. The van der Waals surface area contributed by atoms with Crippen molar-refractivity contribution >= 4 is 0 Å². The molecular weight excluding hydrogens is 290 g/mol. The van der Waals surface area contributed by atoms with Gasteiger partial charge in [0.05, 0.1) is 0 Å². The zero-order valence-electron chi connectivity index (χ0n) is 18.2. The molecule has 0 radical (unpaired) electrons. The van der Waals surface area contributed by atoms with Crippen LogP contribution in [0.15, 0.2) is 47.6 Å². The first-order chi connectivity index (χ1) is 11.3. The summed E-state index contributed by atoms with van der Waals surface area (Å²) in [5, 5.41) is 0. The van der Waals surface area contributed by atoms with E-state index in [-0.39, 0.29) is 6.04 Å². The summed E-state index contributed by atoms with van der Waals surface area (Å²) in [6.45, 7) is 24.6. The van der Waals surface area contributed by atoms with E-state index in [9.17, 15) is 0 Å². The Kier molecular flexibility index (Phi) is 21.1. The summed E-state index contributed by atoms with van der Waals surface area (Å²) in [5.41, 5.74) is 10.4. The molecule has 1 aliphatic carbocycles. The fourth-order valence-electron chi connectivity index (χ4n) is 2.43. The van der Waals surface area contributed by atoms with E-state index in [1.807, 2.05) is 46.8 Å². The van der Waals surface area contributed by atoms with Gasteiger partial charge >= 0.3 is 0 Å². The highest BCUT2D eigenvalue weighted by Crippen LogP contribution is 2.32. The average molecular weight is 336 g/mol. The third-order valence-corrected chi connectivity index (χ3v) is 4.05. The van der Waals surface area contributed by atoms with Crippen LogP contribution in [0.3, 0.4) is 0 Å². The maximum atomic E-state index is 5.95. The van der Waals surface area contributed by atoms with Crippen LogP contribution in [-0.4, -0.2) is 6.04 Å². The van der Waals surface area contributed by atoms with Gasteiger partial charge < -0.3 is 5.73 Å². The van der Waals surface area contributed by atoms with E-state index >= 15 is 0 Å². The Morgan fingerprint density at radius 1 is 1.04 bits per heavy atom. The number of hydrogen-bond donors (Lipinski definition) is 1. The van der Waals surface area contributed by atoms with Crippen LogP contribution in [0.5, 0.6) is 0 Å². The molecule has 0 saturated carbocycles. The largest absolute Gasteiger partial charge is 0.324 e. The molecule has 0 fully saturated rings. The topological polar surface area (TPSA) is 26.0 Å². The van der Waals surface area contributed by atoms with E-state index in [2.05, 4.69) is 47.3 Å². The van der Waals surface area contributed by atoms with Crippen molar-refractivity contribution in [3.05, 3.63) is 47.6 Å². The van der Waals surface area contributed by atoms with Gasteiger partial charge in [-0.2, -0.15) is 0 Å².